The molecule has 0 aliphatic heterocycles. The van der Waals surface area contributed by atoms with Gasteiger partial charge in [0.2, 0.25) is 5.88 Å². The van der Waals surface area contributed by atoms with Gasteiger partial charge in [0, 0.05) is 5.02 Å². The molecule has 0 fully saturated rings. The summed E-state index contributed by atoms with van der Waals surface area (Å²) < 4.78 is 9.93. The van der Waals surface area contributed by atoms with E-state index in [2.05, 4.69) is 14.7 Å². The van der Waals surface area contributed by atoms with Gasteiger partial charge in [-0.2, -0.15) is 0 Å². The Kier molecular flexibility index (Phi) is 3.74. The van der Waals surface area contributed by atoms with Gasteiger partial charge < -0.3 is 9.47 Å². The zero-order chi connectivity index (χ0) is 13.0. The van der Waals surface area contributed by atoms with Gasteiger partial charge in [-0.1, -0.05) is 17.7 Å². The Bertz CT molecular complexity index is 558. The number of rotatable bonds is 3. The number of methoxy groups -OCH3 is 1. The Labute approximate surface area is 108 Å². The predicted octanol–water partition coefficient (Wildman–Crippen LogP) is 2.71. The molecule has 2 aromatic rings. The molecule has 1 aromatic carbocycles. The van der Waals surface area contributed by atoms with Crippen molar-refractivity contribution in [3.63, 3.8) is 0 Å². The van der Waals surface area contributed by atoms with E-state index in [4.69, 9.17) is 16.3 Å². The van der Waals surface area contributed by atoms with Crippen LogP contribution in [0, 0.1) is 0 Å². The number of nitrogens with zero attached hydrogens (tertiary/aromatic N) is 2. The van der Waals surface area contributed by atoms with Crippen molar-refractivity contribution in [2.75, 3.05) is 7.11 Å². The van der Waals surface area contributed by atoms with Crippen molar-refractivity contribution < 1.29 is 14.3 Å². The fourth-order valence-electron chi connectivity index (χ4n) is 1.23. The van der Waals surface area contributed by atoms with Crippen LogP contribution in [0.3, 0.4) is 0 Å². The Balaban J connectivity index is 2.13. The molecule has 0 N–H and O–H groups in total. The number of hydrogen-bond donors (Lipinski definition) is 0. The first-order valence-electron chi connectivity index (χ1n) is 5.03. The van der Waals surface area contributed by atoms with Gasteiger partial charge in [0.25, 0.3) is 0 Å². The van der Waals surface area contributed by atoms with Crippen LogP contribution >= 0.6 is 11.6 Å². The predicted molar refractivity (Wildman–Crippen MR) is 64.9 cm³/mol. The Morgan fingerprint density at radius 3 is 2.72 bits per heavy atom. The molecule has 92 valence electrons. The molecule has 2 rings (SSSR count). The van der Waals surface area contributed by atoms with Crippen molar-refractivity contribution >= 4 is 17.6 Å². The van der Waals surface area contributed by atoms with Gasteiger partial charge >= 0.3 is 5.97 Å². The Morgan fingerprint density at radius 1 is 1.28 bits per heavy atom. The maximum atomic E-state index is 11.1. The summed E-state index contributed by atoms with van der Waals surface area (Å²) in [5.74, 6) is 0.268. The van der Waals surface area contributed by atoms with Crippen LogP contribution < -0.4 is 4.74 Å². The van der Waals surface area contributed by atoms with Crippen LogP contribution in [0.4, 0.5) is 0 Å². The summed E-state index contributed by atoms with van der Waals surface area (Å²) in [4.78, 5) is 19.0. The number of esters is 1. The fraction of sp³-hybridized carbons (Fsp3) is 0.0833. The van der Waals surface area contributed by atoms with Crippen LogP contribution in [0.1, 0.15) is 10.5 Å². The van der Waals surface area contributed by atoms with E-state index in [0.717, 1.165) is 0 Å². The number of aromatic nitrogens is 2. The minimum Gasteiger partial charge on any atom is -0.464 e. The summed E-state index contributed by atoms with van der Waals surface area (Å²) >= 11 is 5.82. The third-order valence-corrected chi connectivity index (χ3v) is 2.28. The maximum absolute atomic E-state index is 11.1. The smallest absolute Gasteiger partial charge is 0.358 e. The van der Waals surface area contributed by atoms with Gasteiger partial charge in [-0.25, -0.2) is 14.8 Å². The second-order valence-corrected chi connectivity index (χ2v) is 3.73. The number of benzene rings is 1. The number of ether oxygens (including phenoxy) is 2. The lowest BCUT2D eigenvalue weighted by Crippen LogP contribution is -2.04. The second kappa shape index (κ2) is 5.46. The van der Waals surface area contributed by atoms with E-state index >= 15 is 0 Å². The van der Waals surface area contributed by atoms with Crippen LogP contribution in [-0.4, -0.2) is 23.0 Å². The maximum Gasteiger partial charge on any atom is 0.358 e. The lowest BCUT2D eigenvalue weighted by molar-refractivity contribution is 0.0593. The molecule has 0 aliphatic carbocycles. The summed E-state index contributed by atoms with van der Waals surface area (Å²) in [5, 5.41) is 0.562. The molecule has 0 unspecified atom stereocenters. The molecule has 0 aliphatic rings. The second-order valence-electron chi connectivity index (χ2n) is 3.29. The standard InChI is InChI=1S/C12H9ClN2O3/c1-17-12(16)10-6-15-11(7-14-10)18-9-4-2-3-8(13)5-9/h2-7H,1H3. The molecule has 0 amide bonds. The van der Waals surface area contributed by atoms with Crippen molar-refractivity contribution in [2.45, 2.75) is 0 Å². The van der Waals surface area contributed by atoms with E-state index in [1.54, 1.807) is 24.3 Å². The molecular weight excluding hydrogens is 256 g/mol. The lowest BCUT2D eigenvalue weighted by Gasteiger charge is -2.04. The molecule has 0 spiro atoms. The Morgan fingerprint density at radius 2 is 2.11 bits per heavy atom. The van der Waals surface area contributed by atoms with Crippen molar-refractivity contribution in [3.05, 3.63) is 47.4 Å². The Hall–Kier alpha value is -2.14. The third-order valence-electron chi connectivity index (χ3n) is 2.04. The SMILES string of the molecule is COC(=O)c1cnc(Oc2cccc(Cl)c2)cn1. The lowest BCUT2D eigenvalue weighted by atomic mass is 10.3. The molecule has 5 nitrogen and oxygen atoms in total. The number of halogens is 1. The number of carbonyl (C=O) groups excluding carboxylic acids is 1. The van der Waals surface area contributed by atoms with Gasteiger partial charge in [-0.05, 0) is 18.2 Å². The minimum absolute atomic E-state index is 0.121. The molecule has 0 radical (unpaired) electrons. The highest BCUT2D eigenvalue weighted by Crippen LogP contribution is 2.21. The monoisotopic (exact) mass is 264 g/mol. The quantitative estimate of drug-likeness (QED) is 0.798. The highest BCUT2D eigenvalue weighted by Gasteiger charge is 2.08. The van der Waals surface area contributed by atoms with Gasteiger partial charge in [-0.15, -0.1) is 0 Å². The molecule has 0 saturated heterocycles. The van der Waals surface area contributed by atoms with Crippen LogP contribution in [0.5, 0.6) is 11.6 Å². The first-order valence-corrected chi connectivity index (χ1v) is 5.40. The molecular formula is C12H9ClN2O3. The first kappa shape index (κ1) is 12.3. The van der Waals surface area contributed by atoms with E-state index in [-0.39, 0.29) is 11.6 Å². The van der Waals surface area contributed by atoms with Crippen LogP contribution in [-0.2, 0) is 4.74 Å². The fourth-order valence-corrected chi connectivity index (χ4v) is 1.41. The minimum atomic E-state index is -0.545. The molecule has 6 heteroatoms. The van der Waals surface area contributed by atoms with Crippen molar-refractivity contribution in [1.29, 1.82) is 0 Å². The van der Waals surface area contributed by atoms with Crippen LogP contribution in [0.15, 0.2) is 36.7 Å². The third kappa shape index (κ3) is 2.95. The van der Waals surface area contributed by atoms with Crippen LogP contribution in [0.25, 0.3) is 0 Å². The van der Waals surface area contributed by atoms with E-state index in [9.17, 15) is 4.79 Å². The topological polar surface area (TPSA) is 61.3 Å². The largest absolute Gasteiger partial charge is 0.464 e. The molecule has 1 heterocycles. The number of carbonyl (C=O) groups is 1. The highest BCUT2D eigenvalue weighted by molar-refractivity contribution is 6.30. The molecule has 18 heavy (non-hydrogen) atoms. The van der Waals surface area contributed by atoms with E-state index in [0.29, 0.717) is 10.8 Å². The summed E-state index contributed by atoms with van der Waals surface area (Å²) in [6.45, 7) is 0. The van der Waals surface area contributed by atoms with Crippen molar-refractivity contribution in [2.24, 2.45) is 0 Å². The van der Waals surface area contributed by atoms with Crippen LogP contribution in [0.2, 0.25) is 5.02 Å². The van der Waals surface area contributed by atoms with E-state index in [1.165, 1.54) is 19.5 Å². The van der Waals surface area contributed by atoms with Gasteiger partial charge in [-0.3, -0.25) is 0 Å². The van der Waals surface area contributed by atoms with Gasteiger partial charge in [0.1, 0.15) is 5.75 Å². The van der Waals surface area contributed by atoms with Gasteiger partial charge in [0.05, 0.1) is 19.5 Å². The molecule has 0 saturated carbocycles. The first-order chi connectivity index (χ1) is 8.69. The summed E-state index contributed by atoms with van der Waals surface area (Å²) in [6, 6.07) is 6.88. The van der Waals surface area contributed by atoms with E-state index < -0.39 is 5.97 Å². The molecule has 0 bridgehead atoms. The van der Waals surface area contributed by atoms with Gasteiger partial charge in [0.15, 0.2) is 5.69 Å². The summed E-state index contributed by atoms with van der Waals surface area (Å²) in [5.41, 5.74) is 0.121. The average Bonchev–Trinajstić information content (AvgIpc) is 2.39. The average molecular weight is 265 g/mol. The van der Waals surface area contributed by atoms with E-state index in [1.807, 2.05) is 0 Å². The normalized spacial score (nSPS) is 9.89. The van der Waals surface area contributed by atoms with Crippen molar-refractivity contribution in [3.8, 4) is 11.6 Å². The zero-order valence-electron chi connectivity index (χ0n) is 9.46. The summed E-state index contributed by atoms with van der Waals surface area (Å²) in [7, 11) is 1.28. The zero-order valence-corrected chi connectivity index (χ0v) is 10.2. The number of hydrogen-bond acceptors (Lipinski definition) is 5. The summed E-state index contributed by atoms with van der Waals surface area (Å²) in [6.07, 6.45) is 2.62. The highest BCUT2D eigenvalue weighted by atomic mass is 35.5. The molecule has 0 atom stereocenters. The molecule has 1 aromatic heterocycles. The van der Waals surface area contributed by atoms with Crippen molar-refractivity contribution in [1.82, 2.24) is 9.97 Å².